The van der Waals surface area contributed by atoms with E-state index in [2.05, 4.69) is 32.7 Å². The lowest BCUT2D eigenvalue weighted by Gasteiger charge is -2.15. The molecule has 1 fully saturated rings. The van der Waals surface area contributed by atoms with Gasteiger partial charge in [-0.05, 0) is 19.9 Å². The molecule has 1 aliphatic carbocycles. The average Bonchev–Trinajstić information content (AvgIpc) is 2.93. The smallest absolute Gasteiger partial charge is 0.273 e. The number of likely N-dealkylation sites (N-methyl/N-ethyl adjacent to an activating group) is 1. The quantitative estimate of drug-likeness (QED) is 0.694. The molecule has 2 N–H and O–H groups in total. The van der Waals surface area contributed by atoms with Gasteiger partial charge in [0, 0.05) is 19.1 Å². The number of amides is 1. The Balaban J connectivity index is 1.67. The van der Waals surface area contributed by atoms with Crippen molar-refractivity contribution in [3.63, 3.8) is 0 Å². The fourth-order valence-electron chi connectivity index (χ4n) is 1.45. The third kappa shape index (κ3) is 2.76. The van der Waals surface area contributed by atoms with Crippen LogP contribution in [0.1, 0.15) is 23.3 Å². The molecule has 1 aliphatic rings. The predicted molar refractivity (Wildman–Crippen MR) is 54.4 cm³/mol. The third-order valence-corrected chi connectivity index (χ3v) is 2.57. The van der Waals surface area contributed by atoms with Crippen molar-refractivity contribution in [3.05, 3.63) is 11.9 Å². The van der Waals surface area contributed by atoms with E-state index in [0.29, 0.717) is 12.2 Å². The van der Waals surface area contributed by atoms with Gasteiger partial charge in [0.1, 0.15) is 0 Å². The van der Waals surface area contributed by atoms with Crippen LogP contribution in [0.3, 0.4) is 0 Å². The monoisotopic (exact) mass is 209 g/mol. The number of hydrogen-bond acceptors (Lipinski definition) is 4. The fraction of sp³-hybridized carbons (Fsp3) is 0.667. The van der Waals surface area contributed by atoms with Crippen molar-refractivity contribution in [1.29, 1.82) is 0 Å². The molecular formula is C9H15N5O. The largest absolute Gasteiger partial charge is 0.349 e. The number of nitrogens with one attached hydrogen (secondary N) is 2. The summed E-state index contributed by atoms with van der Waals surface area (Å²) in [5.74, 6) is -0.173. The highest BCUT2D eigenvalue weighted by atomic mass is 16.1. The maximum Gasteiger partial charge on any atom is 0.273 e. The van der Waals surface area contributed by atoms with Gasteiger partial charge in [-0.2, -0.15) is 15.4 Å². The summed E-state index contributed by atoms with van der Waals surface area (Å²) in [6.45, 7) is 1.53. The lowest BCUT2D eigenvalue weighted by molar-refractivity contribution is 0.0944. The topological polar surface area (TPSA) is 73.9 Å². The molecule has 1 heterocycles. The molecular weight excluding hydrogens is 194 g/mol. The molecule has 0 aliphatic heterocycles. The first-order chi connectivity index (χ1) is 7.27. The van der Waals surface area contributed by atoms with E-state index in [9.17, 15) is 4.79 Å². The SMILES string of the molecule is CN(CCNC(=O)c1cn[nH]n1)C1CC1. The number of aromatic amines is 1. The van der Waals surface area contributed by atoms with Crippen LogP contribution in [0.2, 0.25) is 0 Å². The number of aromatic nitrogens is 3. The lowest BCUT2D eigenvalue weighted by atomic mass is 10.4. The van der Waals surface area contributed by atoms with Crippen molar-refractivity contribution in [2.45, 2.75) is 18.9 Å². The number of H-pyrrole nitrogens is 1. The second kappa shape index (κ2) is 4.39. The molecule has 0 aromatic carbocycles. The van der Waals surface area contributed by atoms with Crippen LogP contribution < -0.4 is 5.32 Å². The summed E-state index contributed by atoms with van der Waals surface area (Å²) in [5.41, 5.74) is 0.337. The van der Waals surface area contributed by atoms with Gasteiger partial charge < -0.3 is 10.2 Å². The lowest BCUT2D eigenvalue weighted by Crippen LogP contribution is -2.34. The van der Waals surface area contributed by atoms with Gasteiger partial charge in [-0.25, -0.2) is 0 Å². The maximum absolute atomic E-state index is 11.4. The Bertz CT molecular complexity index is 319. The molecule has 0 radical (unpaired) electrons. The Kier molecular flexibility index (Phi) is 2.96. The molecule has 1 aromatic rings. The molecule has 6 nitrogen and oxygen atoms in total. The highest BCUT2D eigenvalue weighted by Gasteiger charge is 2.25. The molecule has 1 amide bonds. The molecule has 2 rings (SSSR count). The molecule has 1 aromatic heterocycles. The summed E-state index contributed by atoms with van der Waals surface area (Å²) in [7, 11) is 2.08. The molecule has 0 saturated heterocycles. The number of hydrogen-bond donors (Lipinski definition) is 2. The molecule has 0 spiro atoms. The zero-order chi connectivity index (χ0) is 10.7. The van der Waals surface area contributed by atoms with Gasteiger partial charge >= 0.3 is 0 Å². The molecule has 15 heavy (non-hydrogen) atoms. The summed E-state index contributed by atoms with van der Waals surface area (Å²) in [6.07, 6.45) is 3.99. The van der Waals surface area contributed by atoms with Crippen LogP contribution in [-0.2, 0) is 0 Å². The van der Waals surface area contributed by atoms with E-state index in [1.807, 2.05) is 0 Å². The molecule has 6 heteroatoms. The molecule has 0 unspecified atom stereocenters. The minimum absolute atomic E-state index is 0.173. The van der Waals surface area contributed by atoms with E-state index < -0.39 is 0 Å². The van der Waals surface area contributed by atoms with Crippen LogP contribution in [0.15, 0.2) is 6.20 Å². The summed E-state index contributed by atoms with van der Waals surface area (Å²) in [6, 6.07) is 0.731. The van der Waals surface area contributed by atoms with Crippen LogP contribution in [0.5, 0.6) is 0 Å². The Morgan fingerprint density at radius 2 is 2.53 bits per heavy atom. The summed E-state index contributed by atoms with van der Waals surface area (Å²) < 4.78 is 0. The van der Waals surface area contributed by atoms with Crippen LogP contribution in [0.4, 0.5) is 0 Å². The first-order valence-electron chi connectivity index (χ1n) is 5.11. The van der Waals surface area contributed by atoms with Crippen LogP contribution in [-0.4, -0.2) is 52.4 Å². The summed E-state index contributed by atoms with van der Waals surface area (Å²) >= 11 is 0. The van der Waals surface area contributed by atoms with Crippen molar-refractivity contribution in [2.24, 2.45) is 0 Å². The van der Waals surface area contributed by atoms with Gasteiger partial charge in [0.15, 0.2) is 5.69 Å². The highest BCUT2D eigenvalue weighted by molar-refractivity contribution is 5.91. The van der Waals surface area contributed by atoms with E-state index in [-0.39, 0.29) is 5.91 Å². The molecule has 1 saturated carbocycles. The van der Waals surface area contributed by atoms with Gasteiger partial charge in [-0.15, -0.1) is 0 Å². The van der Waals surface area contributed by atoms with Crippen LogP contribution >= 0.6 is 0 Å². The number of rotatable bonds is 5. The van der Waals surface area contributed by atoms with E-state index in [1.165, 1.54) is 19.0 Å². The molecule has 82 valence electrons. The Labute approximate surface area is 88.0 Å². The fourth-order valence-corrected chi connectivity index (χ4v) is 1.45. The zero-order valence-electron chi connectivity index (χ0n) is 8.73. The van der Waals surface area contributed by atoms with Crippen molar-refractivity contribution in [2.75, 3.05) is 20.1 Å². The number of carbonyl (C=O) groups excluding carboxylic acids is 1. The van der Waals surface area contributed by atoms with Gasteiger partial charge in [-0.3, -0.25) is 4.79 Å². The summed E-state index contributed by atoms with van der Waals surface area (Å²) in [4.78, 5) is 13.7. The standard InChI is InChI=1S/C9H15N5O/c1-14(7-2-3-7)5-4-10-9(15)8-6-11-13-12-8/h6-7H,2-5H2,1H3,(H,10,15)(H,11,12,13). The van der Waals surface area contributed by atoms with Crippen molar-refractivity contribution < 1.29 is 4.79 Å². The van der Waals surface area contributed by atoms with Gasteiger partial charge in [0.25, 0.3) is 5.91 Å². The minimum Gasteiger partial charge on any atom is -0.349 e. The van der Waals surface area contributed by atoms with Gasteiger partial charge in [-0.1, -0.05) is 0 Å². The second-order valence-corrected chi connectivity index (χ2v) is 3.82. The van der Waals surface area contributed by atoms with E-state index in [0.717, 1.165) is 12.6 Å². The average molecular weight is 209 g/mol. The zero-order valence-corrected chi connectivity index (χ0v) is 8.73. The Morgan fingerprint density at radius 1 is 1.73 bits per heavy atom. The maximum atomic E-state index is 11.4. The molecule has 0 atom stereocenters. The predicted octanol–water partition coefficient (Wildman–Crippen LogP) is -0.371. The van der Waals surface area contributed by atoms with Crippen LogP contribution in [0, 0.1) is 0 Å². The third-order valence-electron chi connectivity index (χ3n) is 2.57. The normalized spacial score (nSPS) is 15.6. The van der Waals surface area contributed by atoms with Crippen molar-refractivity contribution >= 4 is 5.91 Å². The van der Waals surface area contributed by atoms with Crippen molar-refractivity contribution in [3.8, 4) is 0 Å². The van der Waals surface area contributed by atoms with E-state index in [4.69, 9.17) is 0 Å². The van der Waals surface area contributed by atoms with Gasteiger partial charge in [0.05, 0.1) is 6.20 Å². The number of nitrogens with zero attached hydrogens (tertiary/aromatic N) is 3. The first kappa shape index (κ1) is 10.1. The van der Waals surface area contributed by atoms with Gasteiger partial charge in [0.2, 0.25) is 0 Å². The van der Waals surface area contributed by atoms with Crippen molar-refractivity contribution in [1.82, 2.24) is 25.6 Å². The Hall–Kier alpha value is -1.43. The number of carbonyl (C=O) groups is 1. The van der Waals surface area contributed by atoms with E-state index in [1.54, 1.807) is 0 Å². The Morgan fingerprint density at radius 3 is 3.13 bits per heavy atom. The first-order valence-corrected chi connectivity index (χ1v) is 5.11. The van der Waals surface area contributed by atoms with E-state index >= 15 is 0 Å². The highest BCUT2D eigenvalue weighted by Crippen LogP contribution is 2.24. The van der Waals surface area contributed by atoms with Crippen LogP contribution in [0.25, 0.3) is 0 Å². The minimum atomic E-state index is -0.173. The second-order valence-electron chi connectivity index (χ2n) is 3.82. The summed E-state index contributed by atoms with van der Waals surface area (Å²) in [5, 5.41) is 12.5. The molecule has 0 bridgehead atoms.